The number of phenolic OH excluding ortho intramolecular Hbond substituents is 1. The largest absolute Gasteiger partial charge is 0.504 e. The second-order valence-electron chi connectivity index (χ2n) is 4.21. The number of carbonyl (C=O) groups excluding carboxylic acids is 1. The van der Waals surface area contributed by atoms with E-state index in [9.17, 15) is 14.7 Å². The molecule has 0 aliphatic heterocycles. The predicted molar refractivity (Wildman–Crippen MR) is 74.3 cm³/mol. The number of aryl methyl sites for hydroxylation is 1. The van der Waals surface area contributed by atoms with Gasteiger partial charge >= 0.3 is 0 Å². The van der Waals surface area contributed by atoms with Crippen molar-refractivity contribution >= 4 is 11.6 Å². The first-order chi connectivity index (χ1) is 9.51. The number of nitrogens with one attached hydrogen (secondary N) is 1. The van der Waals surface area contributed by atoms with Gasteiger partial charge in [0.15, 0.2) is 11.5 Å². The molecule has 1 aromatic carbocycles. The highest BCUT2D eigenvalue weighted by atomic mass is 16.5. The normalized spacial score (nSPS) is 10.1. The van der Waals surface area contributed by atoms with Crippen LogP contribution in [0.2, 0.25) is 0 Å². The van der Waals surface area contributed by atoms with Gasteiger partial charge in [-0.25, -0.2) is 0 Å². The van der Waals surface area contributed by atoms with Crippen molar-refractivity contribution in [3.05, 3.63) is 52.4 Å². The van der Waals surface area contributed by atoms with Crippen molar-refractivity contribution in [2.45, 2.75) is 0 Å². The molecule has 6 nitrogen and oxygen atoms in total. The third-order valence-corrected chi connectivity index (χ3v) is 2.80. The van der Waals surface area contributed by atoms with Gasteiger partial charge in [-0.1, -0.05) is 0 Å². The van der Waals surface area contributed by atoms with Gasteiger partial charge in [0, 0.05) is 36.6 Å². The van der Waals surface area contributed by atoms with Crippen molar-refractivity contribution in [3.63, 3.8) is 0 Å². The van der Waals surface area contributed by atoms with E-state index in [4.69, 9.17) is 4.74 Å². The van der Waals surface area contributed by atoms with Crippen molar-refractivity contribution in [3.8, 4) is 11.5 Å². The second-order valence-corrected chi connectivity index (χ2v) is 4.21. The molecule has 0 saturated heterocycles. The van der Waals surface area contributed by atoms with Crippen LogP contribution in [0.3, 0.4) is 0 Å². The molecule has 1 heterocycles. The summed E-state index contributed by atoms with van der Waals surface area (Å²) in [6.45, 7) is 0. The predicted octanol–water partition coefficient (Wildman–Crippen LogP) is 1.35. The van der Waals surface area contributed by atoms with E-state index in [1.54, 1.807) is 19.2 Å². The molecule has 1 amide bonds. The number of amides is 1. The van der Waals surface area contributed by atoms with Gasteiger partial charge in [-0.3, -0.25) is 9.59 Å². The molecule has 20 heavy (non-hydrogen) atoms. The Labute approximate surface area is 115 Å². The molecule has 0 bridgehead atoms. The Morgan fingerprint density at radius 1 is 1.30 bits per heavy atom. The maximum atomic E-state index is 12.0. The van der Waals surface area contributed by atoms with Crippen LogP contribution < -0.4 is 15.6 Å². The van der Waals surface area contributed by atoms with Gasteiger partial charge in [-0.15, -0.1) is 0 Å². The summed E-state index contributed by atoms with van der Waals surface area (Å²) in [4.78, 5) is 23.4. The fourth-order valence-corrected chi connectivity index (χ4v) is 1.66. The molecular formula is C14H14N2O4. The lowest BCUT2D eigenvalue weighted by Gasteiger charge is -2.08. The number of pyridine rings is 1. The number of benzene rings is 1. The lowest BCUT2D eigenvalue weighted by atomic mass is 10.2. The number of phenols is 1. The first-order valence-electron chi connectivity index (χ1n) is 5.86. The van der Waals surface area contributed by atoms with E-state index in [0.29, 0.717) is 11.4 Å². The summed E-state index contributed by atoms with van der Waals surface area (Å²) in [5.41, 5.74) is 0.396. The van der Waals surface area contributed by atoms with Gasteiger partial charge in [0.1, 0.15) is 0 Å². The number of aromatic hydroxyl groups is 1. The summed E-state index contributed by atoms with van der Waals surface area (Å²) >= 11 is 0. The third kappa shape index (κ3) is 2.80. The first kappa shape index (κ1) is 13.7. The molecule has 6 heteroatoms. The number of methoxy groups -OCH3 is 1. The Kier molecular flexibility index (Phi) is 3.74. The SMILES string of the molecule is COc1ccc(NC(=O)c2ccn(C)c(=O)c2)cc1O. The molecule has 0 saturated carbocycles. The molecule has 2 N–H and O–H groups in total. The van der Waals surface area contributed by atoms with Crippen molar-refractivity contribution < 1.29 is 14.6 Å². The highest BCUT2D eigenvalue weighted by Crippen LogP contribution is 2.28. The molecular weight excluding hydrogens is 260 g/mol. The van der Waals surface area contributed by atoms with E-state index in [0.717, 1.165) is 0 Å². The monoisotopic (exact) mass is 274 g/mol. The first-order valence-corrected chi connectivity index (χ1v) is 5.86. The Hall–Kier alpha value is -2.76. The van der Waals surface area contributed by atoms with Gasteiger partial charge < -0.3 is 19.7 Å². The zero-order valence-corrected chi connectivity index (χ0v) is 11.1. The fourth-order valence-electron chi connectivity index (χ4n) is 1.66. The highest BCUT2D eigenvalue weighted by molar-refractivity contribution is 6.04. The Morgan fingerprint density at radius 2 is 2.05 bits per heavy atom. The van der Waals surface area contributed by atoms with Crippen LogP contribution in [0.25, 0.3) is 0 Å². The van der Waals surface area contributed by atoms with Crippen LogP contribution in [0, 0.1) is 0 Å². The Morgan fingerprint density at radius 3 is 2.65 bits per heavy atom. The molecule has 0 aliphatic rings. The van der Waals surface area contributed by atoms with Crippen LogP contribution in [0.4, 0.5) is 5.69 Å². The topological polar surface area (TPSA) is 80.6 Å². The molecule has 2 aromatic rings. The molecule has 1 aromatic heterocycles. The molecule has 0 spiro atoms. The number of hydrogen-bond donors (Lipinski definition) is 2. The number of carbonyl (C=O) groups is 1. The van der Waals surface area contributed by atoms with Gasteiger partial charge in [0.2, 0.25) is 0 Å². The van der Waals surface area contributed by atoms with E-state index in [-0.39, 0.29) is 16.9 Å². The minimum absolute atomic E-state index is 0.0747. The van der Waals surface area contributed by atoms with Crippen LogP contribution in [-0.2, 0) is 7.05 Å². The summed E-state index contributed by atoms with van der Waals surface area (Å²) < 4.78 is 6.28. The lowest BCUT2D eigenvalue weighted by molar-refractivity contribution is 0.102. The Balaban J connectivity index is 2.21. The van der Waals surface area contributed by atoms with Crippen LogP contribution in [-0.4, -0.2) is 22.7 Å². The van der Waals surface area contributed by atoms with Gasteiger partial charge in [-0.05, 0) is 18.2 Å². The van der Waals surface area contributed by atoms with Crippen molar-refractivity contribution in [1.82, 2.24) is 4.57 Å². The summed E-state index contributed by atoms with van der Waals surface area (Å²) in [5, 5.41) is 12.2. The summed E-state index contributed by atoms with van der Waals surface area (Å²) in [5.74, 6) is -0.182. The zero-order valence-electron chi connectivity index (χ0n) is 11.1. The summed E-state index contributed by atoms with van der Waals surface area (Å²) in [7, 11) is 3.04. The van der Waals surface area contributed by atoms with Crippen LogP contribution in [0.15, 0.2) is 41.3 Å². The number of ether oxygens (including phenoxy) is 1. The fraction of sp³-hybridized carbons (Fsp3) is 0.143. The van der Waals surface area contributed by atoms with E-state index in [1.165, 1.54) is 36.1 Å². The standard InChI is InChI=1S/C14H14N2O4/c1-16-6-5-9(7-13(16)18)14(19)15-10-3-4-12(20-2)11(17)8-10/h3-8,17H,1-2H3,(H,15,19). The quantitative estimate of drug-likeness (QED) is 0.885. The summed E-state index contributed by atoms with van der Waals surface area (Å²) in [6, 6.07) is 7.29. The van der Waals surface area contributed by atoms with Gasteiger partial charge in [0.05, 0.1) is 7.11 Å². The Bertz CT molecular complexity index is 707. The van der Waals surface area contributed by atoms with E-state index < -0.39 is 5.91 Å². The third-order valence-electron chi connectivity index (χ3n) is 2.80. The van der Waals surface area contributed by atoms with Crippen molar-refractivity contribution in [2.75, 3.05) is 12.4 Å². The average molecular weight is 274 g/mol. The molecule has 0 atom stereocenters. The number of nitrogens with zero attached hydrogens (tertiary/aromatic N) is 1. The number of hydrogen-bond acceptors (Lipinski definition) is 4. The van der Waals surface area contributed by atoms with Crippen molar-refractivity contribution in [2.24, 2.45) is 7.05 Å². The number of anilines is 1. The van der Waals surface area contributed by atoms with Crippen LogP contribution in [0.1, 0.15) is 10.4 Å². The molecule has 104 valence electrons. The summed E-state index contributed by atoms with van der Waals surface area (Å²) in [6.07, 6.45) is 1.52. The highest BCUT2D eigenvalue weighted by Gasteiger charge is 2.09. The average Bonchev–Trinajstić information content (AvgIpc) is 2.42. The maximum Gasteiger partial charge on any atom is 0.255 e. The number of aromatic nitrogens is 1. The van der Waals surface area contributed by atoms with E-state index >= 15 is 0 Å². The van der Waals surface area contributed by atoms with Crippen LogP contribution in [0.5, 0.6) is 11.5 Å². The molecule has 2 rings (SSSR count). The molecule has 0 unspecified atom stereocenters. The van der Waals surface area contributed by atoms with E-state index in [2.05, 4.69) is 5.32 Å². The minimum Gasteiger partial charge on any atom is -0.504 e. The molecule has 0 aliphatic carbocycles. The maximum absolute atomic E-state index is 12.0. The smallest absolute Gasteiger partial charge is 0.255 e. The van der Waals surface area contributed by atoms with Gasteiger partial charge in [0.25, 0.3) is 11.5 Å². The number of rotatable bonds is 3. The minimum atomic E-state index is -0.424. The van der Waals surface area contributed by atoms with E-state index in [1.807, 2.05) is 0 Å². The molecule has 0 fully saturated rings. The van der Waals surface area contributed by atoms with Crippen LogP contribution >= 0.6 is 0 Å². The second kappa shape index (κ2) is 5.48. The lowest BCUT2D eigenvalue weighted by Crippen LogP contribution is -2.19. The van der Waals surface area contributed by atoms with Gasteiger partial charge in [-0.2, -0.15) is 0 Å². The molecule has 0 radical (unpaired) electrons. The zero-order chi connectivity index (χ0) is 14.7. The van der Waals surface area contributed by atoms with Crippen molar-refractivity contribution in [1.29, 1.82) is 0 Å².